The first-order valence-corrected chi connectivity index (χ1v) is 8.51. The summed E-state index contributed by atoms with van der Waals surface area (Å²) >= 11 is 0. The Balaban J connectivity index is 1.89. The minimum atomic E-state index is -0.870. The molecule has 0 aliphatic carbocycles. The Morgan fingerprint density at radius 2 is 2.31 bits per heavy atom. The number of nitrogens with one attached hydrogen (secondary N) is 1. The highest BCUT2D eigenvalue weighted by molar-refractivity contribution is 5.87. The topological polar surface area (TPSA) is 89.9 Å². The molecule has 2 heterocycles. The summed E-state index contributed by atoms with van der Waals surface area (Å²) in [5.41, 5.74) is 1.67. The Kier molecular flexibility index (Phi) is 5.70. The summed E-state index contributed by atoms with van der Waals surface area (Å²) in [5, 5.41) is 12.9. The van der Waals surface area contributed by atoms with Crippen LogP contribution in [0, 0.1) is 0 Å². The second-order valence-corrected chi connectivity index (χ2v) is 5.97. The van der Waals surface area contributed by atoms with Gasteiger partial charge in [-0.2, -0.15) is 0 Å². The fourth-order valence-corrected chi connectivity index (χ4v) is 2.83. The average molecular weight is 358 g/mol. The van der Waals surface area contributed by atoms with E-state index in [2.05, 4.69) is 16.9 Å². The molecule has 138 valence electrons. The Morgan fingerprint density at radius 3 is 3.00 bits per heavy atom. The normalized spacial score (nSPS) is 19.4. The number of carboxylic acid groups (broad SMARTS) is 1. The van der Waals surface area contributed by atoms with E-state index in [9.17, 15) is 4.79 Å². The lowest BCUT2D eigenvalue weighted by Crippen LogP contribution is -2.30. The first-order valence-electron chi connectivity index (χ1n) is 8.51. The minimum absolute atomic E-state index is 0.102. The molecule has 0 saturated carbocycles. The number of aliphatic carboxylic acids is 1. The largest absolute Gasteiger partial charge is 0.488 e. The zero-order chi connectivity index (χ0) is 18.5. The van der Waals surface area contributed by atoms with Crippen molar-refractivity contribution < 1.29 is 24.1 Å². The number of fused-ring (bicyclic) bond motifs is 1. The summed E-state index contributed by atoms with van der Waals surface area (Å²) in [6.07, 6.45) is 1.91. The lowest BCUT2D eigenvalue weighted by atomic mass is 10.1. The molecular formula is C19H22N2O5. The predicted octanol–water partition coefficient (Wildman–Crippen LogP) is 2.44. The fourth-order valence-electron chi connectivity index (χ4n) is 2.83. The molecule has 2 N–H and O–H groups in total. The summed E-state index contributed by atoms with van der Waals surface area (Å²) in [5.74, 6) is 0.126. The van der Waals surface area contributed by atoms with Crippen molar-refractivity contribution >= 4 is 22.9 Å². The van der Waals surface area contributed by atoms with Crippen molar-refractivity contribution in [1.82, 2.24) is 10.3 Å². The van der Waals surface area contributed by atoms with Crippen LogP contribution in [-0.4, -0.2) is 48.2 Å². The zero-order valence-electron chi connectivity index (χ0n) is 14.6. The number of hydrogen-bond donors (Lipinski definition) is 2. The van der Waals surface area contributed by atoms with Crippen LogP contribution in [0.4, 0.5) is 0 Å². The zero-order valence-corrected chi connectivity index (χ0v) is 14.6. The quantitative estimate of drug-likeness (QED) is 0.553. The summed E-state index contributed by atoms with van der Waals surface area (Å²) in [6, 6.07) is 6.84. The van der Waals surface area contributed by atoms with Gasteiger partial charge in [0.05, 0.1) is 5.52 Å². The van der Waals surface area contributed by atoms with Crippen LogP contribution in [0.25, 0.3) is 17.0 Å². The van der Waals surface area contributed by atoms with Gasteiger partial charge in [-0.15, -0.1) is 0 Å². The second kappa shape index (κ2) is 8.16. The molecule has 0 radical (unpaired) electrons. The molecule has 1 aliphatic heterocycles. The van der Waals surface area contributed by atoms with Gasteiger partial charge in [0.1, 0.15) is 17.9 Å². The molecule has 1 fully saturated rings. The molecule has 7 nitrogen and oxygen atoms in total. The maximum atomic E-state index is 11.1. The van der Waals surface area contributed by atoms with Crippen molar-refractivity contribution in [2.45, 2.75) is 25.5 Å². The van der Waals surface area contributed by atoms with E-state index in [4.69, 9.17) is 19.3 Å². The van der Waals surface area contributed by atoms with Crippen LogP contribution in [0.15, 0.2) is 30.8 Å². The Hall–Kier alpha value is -2.64. The maximum absolute atomic E-state index is 11.1. The van der Waals surface area contributed by atoms with Crippen LogP contribution in [0.2, 0.25) is 0 Å². The van der Waals surface area contributed by atoms with Gasteiger partial charge in [-0.25, -0.2) is 4.98 Å². The lowest BCUT2D eigenvalue weighted by molar-refractivity contribution is -0.139. The number of aromatic nitrogens is 1. The molecule has 1 aromatic heterocycles. The van der Waals surface area contributed by atoms with Crippen molar-refractivity contribution in [2.24, 2.45) is 0 Å². The number of hydrogen-bond acceptors (Lipinski definition) is 6. The number of benzene rings is 1. The van der Waals surface area contributed by atoms with Crippen molar-refractivity contribution in [3.63, 3.8) is 0 Å². The molecule has 2 atom stereocenters. The highest BCUT2D eigenvalue weighted by Crippen LogP contribution is 2.31. The number of nitrogens with zero attached hydrogens (tertiary/aromatic N) is 1. The third kappa shape index (κ3) is 4.12. The molecule has 0 unspecified atom stereocenters. The monoisotopic (exact) mass is 358 g/mol. The molecule has 1 aliphatic rings. The summed E-state index contributed by atoms with van der Waals surface area (Å²) in [7, 11) is 0. The molecule has 2 aromatic rings. The van der Waals surface area contributed by atoms with Gasteiger partial charge in [0, 0.05) is 31.0 Å². The third-order valence-electron chi connectivity index (χ3n) is 4.18. The van der Waals surface area contributed by atoms with E-state index in [1.807, 2.05) is 25.1 Å². The first-order chi connectivity index (χ1) is 12.6. The molecule has 3 rings (SSSR count). The number of pyridine rings is 1. The van der Waals surface area contributed by atoms with Gasteiger partial charge in [-0.3, -0.25) is 4.79 Å². The van der Waals surface area contributed by atoms with Crippen molar-refractivity contribution in [1.29, 1.82) is 0 Å². The molecule has 0 amide bonds. The molecule has 0 spiro atoms. The molecule has 1 saturated heterocycles. The Morgan fingerprint density at radius 1 is 1.46 bits per heavy atom. The highest BCUT2D eigenvalue weighted by atomic mass is 16.7. The third-order valence-corrected chi connectivity index (χ3v) is 4.18. The smallest absolute Gasteiger partial charge is 0.320 e. The van der Waals surface area contributed by atoms with Crippen LogP contribution in [0.1, 0.15) is 18.9 Å². The minimum Gasteiger partial charge on any atom is -0.488 e. The van der Waals surface area contributed by atoms with E-state index in [1.165, 1.54) is 0 Å². The van der Waals surface area contributed by atoms with Crippen molar-refractivity contribution in [2.75, 3.05) is 19.9 Å². The summed E-state index contributed by atoms with van der Waals surface area (Å²) in [4.78, 5) is 15.6. The lowest BCUT2D eigenvalue weighted by Gasteiger charge is -2.16. The van der Waals surface area contributed by atoms with E-state index >= 15 is 0 Å². The first kappa shape index (κ1) is 18.2. The molecule has 0 bridgehead atoms. The Bertz CT molecular complexity index is 808. The Labute approximate surface area is 151 Å². The van der Waals surface area contributed by atoms with Gasteiger partial charge >= 0.3 is 5.97 Å². The summed E-state index contributed by atoms with van der Waals surface area (Å²) < 4.78 is 16.8. The van der Waals surface area contributed by atoms with Gasteiger partial charge in [-0.1, -0.05) is 18.7 Å². The standard InChI is InChI=1S/C19H22N2O5/c1-3-12-5-6-15-14(7-12)17(9-18(21-15)25-11-24-4-2)26-13-8-16(19(22)23)20-10-13/h3,5-7,9,13,16,20H,1,4,8,10-11H2,2H3,(H,22,23)/t13-,16+/m1/s1. The van der Waals surface area contributed by atoms with E-state index in [-0.39, 0.29) is 12.9 Å². The van der Waals surface area contributed by atoms with Gasteiger partial charge in [0.15, 0.2) is 6.79 Å². The number of carbonyl (C=O) groups is 1. The van der Waals surface area contributed by atoms with Crippen molar-refractivity contribution in [3.8, 4) is 11.6 Å². The van der Waals surface area contributed by atoms with E-state index in [1.54, 1.807) is 12.1 Å². The number of carboxylic acids is 1. The van der Waals surface area contributed by atoms with E-state index in [0.29, 0.717) is 31.2 Å². The number of ether oxygens (including phenoxy) is 3. The molecule has 7 heteroatoms. The predicted molar refractivity (Wildman–Crippen MR) is 97.4 cm³/mol. The second-order valence-electron chi connectivity index (χ2n) is 5.97. The molecule has 1 aromatic carbocycles. The highest BCUT2D eigenvalue weighted by Gasteiger charge is 2.30. The van der Waals surface area contributed by atoms with E-state index < -0.39 is 12.0 Å². The van der Waals surface area contributed by atoms with Crippen molar-refractivity contribution in [3.05, 3.63) is 36.4 Å². The van der Waals surface area contributed by atoms with Crippen LogP contribution < -0.4 is 14.8 Å². The van der Waals surface area contributed by atoms with Gasteiger partial charge in [0.25, 0.3) is 0 Å². The molecule has 26 heavy (non-hydrogen) atoms. The maximum Gasteiger partial charge on any atom is 0.320 e. The van der Waals surface area contributed by atoms with Gasteiger partial charge in [-0.05, 0) is 24.6 Å². The van der Waals surface area contributed by atoms with Crippen LogP contribution in [0.3, 0.4) is 0 Å². The number of rotatable bonds is 8. The summed E-state index contributed by atoms with van der Waals surface area (Å²) in [6.45, 7) is 6.79. The SMILES string of the molecule is C=Cc1ccc2nc(OCOCC)cc(O[C@H]3CN[C@H](C(=O)O)C3)c2c1. The van der Waals surface area contributed by atoms with Gasteiger partial charge < -0.3 is 24.6 Å². The van der Waals surface area contributed by atoms with E-state index in [0.717, 1.165) is 16.5 Å². The fraction of sp³-hybridized carbons (Fsp3) is 0.368. The average Bonchev–Trinajstić information content (AvgIpc) is 3.10. The van der Waals surface area contributed by atoms with Crippen LogP contribution in [0.5, 0.6) is 11.6 Å². The van der Waals surface area contributed by atoms with Crippen LogP contribution >= 0.6 is 0 Å². The van der Waals surface area contributed by atoms with Gasteiger partial charge in [0.2, 0.25) is 5.88 Å². The van der Waals surface area contributed by atoms with Crippen LogP contribution in [-0.2, 0) is 9.53 Å². The molecular weight excluding hydrogens is 336 g/mol.